The SMILES string of the molecule is CC(C)(C)OC(=O)N1C[C@H]2COC[C@@H](C1)N2CC1CCC(F)(F)CC1. The number of fused-ring (bicyclic) bond motifs is 2. The van der Waals surface area contributed by atoms with Crippen molar-refractivity contribution in [2.24, 2.45) is 5.92 Å². The zero-order valence-electron chi connectivity index (χ0n) is 15.5. The van der Waals surface area contributed by atoms with Gasteiger partial charge in [-0.3, -0.25) is 4.90 Å². The lowest BCUT2D eigenvalue weighted by atomic mass is 9.85. The number of hydrogen-bond acceptors (Lipinski definition) is 4. The highest BCUT2D eigenvalue weighted by Crippen LogP contribution is 2.37. The highest BCUT2D eigenvalue weighted by atomic mass is 19.3. The molecule has 2 bridgehead atoms. The third-order valence-electron chi connectivity index (χ3n) is 5.38. The van der Waals surface area contributed by atoms with E-state index in [1.165, 1.54) is 0 Å². The molecule has 2 heterocycles. The van der Waals surface area contributed by atoms with E-state index >= 15 is 0 Å². The molecule has 3 rings (SSSR count). The van der Waals surface area contributed by atoms with Crippen molar-refractivity contribution in [1.29, 1.82) is 0 Å². The first kappa shape index (κ1) is 18.8. The molecule has 1 aliphatic carbocycles. The van der Waals surface area contributed by atoms with Crippen LogP contribution in [0.3, 0.4) is 0 Å². The molecular formula is C18H30F2N2O3. The number of nitrogens with zero attached hydrogens (tertiary/aromatic N) is 2. The largest absolute Gasteiger partial charge is 0.444 e. The Morgan fingerprint density at radius 2 is 1.72 bits per heavy atom. The number of halogens is 2. The molecule has 0 aromatic rings. The van der Waals surface area contributed by atoms with Crippen molar-refractivity contribution in [2.45, 2.75) is 70.1 Å². The molecule has 0 N–H and O–H groups in total. The van der Waals surface area contributed by atoms with Crippen molar-refractivity contribution in [3.63, 3.8) is 0 Å². The zero-order valence-corrected chi connectivity index (χ0v) is 15.5. The Kier molecular flexibility index (Phi) is 5.26. The summed E-state index contributed by atoms with van der Waals surface area (Å²) in [6.45, 7) is 8.74. The van der Waals surface area contributed by atoms with E-state index in [4.69, 9.17) is 9.47 Å². The molecule has 144 valence electrons. The summed E-state index contributed by atoms with van der Waals surface area (Å²) in [6.07, 6.45) is 0.892. The van der Waals surface area contributed by atoms with Crippen molar-refractivity contribution in [3.05, 3.63) is 0 Å². The van der Waals surface area contributed by atoms with Crippen LogP contribution in [0.15, 0.2) is 0 Å². The number of carbonyl (C=O) groups is 1. The maximum Gasteiger partial charge on any atom is 0.410 e. The Morgan fingerprint density at radius 3 is 2.24 bits per heavy atom. The smallest absolute Gasteiger partial charge is 0.410 e. The number of rotatable bonds is 2. The fourth-order valence-corrected chi connectivity index (χ4v) is 4.08. The summed E-state index contributed by atoms with van der Waals surface area (Å²) in [7, 11) is 0. The molecule has 0 aromatic heterocycles. The monoisotopic (exact) mass is 360 g/mol. The topological polar surface area (TPSA) is 42.0 Å². The molecule has 0 aromatic carbocycles. The molecule has 0 spiro atoms. The molecule has 1 saturated carbocycles. The third kappa shape index (κ3) is 4.82. The van der Waals surface area contributed by atoms with Gasteiger partial charge in [0.2, 0.25) is 5.92 Å². The summed E-state index contributed by atoms with van der Waals surface area (Å²) in [4.78, 5) is 16.5. The Hall–Kier alpha value is -0.950. The molecule has 1 amide bonds. The molecule has 25 heavy (non-hydrogen) atoms. The number of amides is 1. The Labute approximate surface area is 148 Å². The maximum absolute atomic E-state index is 13.4. The molecule has 3 fully saturated rings. The molecule has 5 nitrogen and oxygen atoms in total. The lowest BCUT2D eigenvalue weighted by Gasteiger charge is -2.50. The van der Waals surface area contributed by atoms with E-state index in [2.05, 4.69) is 4.90 Å². The van der Waals surface area contributed by atoms with E-state index in [0.717, 1.165) is 6.54 Å². The van der Waals surface area contributed by atoms with E-state index in [0.29, 0.717) is 45.1 Å². The molecule has 3 aliphatic rings. The zero-order chi connectivity index (χ0) is 18.2. The van der Waals surface area contributed by atoms with E-state index < -0.39 is 11.5 Å². The summed E-state index contributed by atoms with van der Waals surface area (Å²) >= 11 is 0. The van der Waals surface area contributed by atoms with Crippen molar-refractivity contribution in [3.8, 4) is 0 Å². The fraction of sp³-hybridized carbons (Fsp3) is 0.944. The standard InChI is InChI=1S/C18H30F2N2O3/c1-17(2,3)25-16(23)21-9-14-11-24-12-15(10-21)22(14)8-13-4-6-18(19,20)7-5-13/h13-15H,4-12H2,1-3H3/t14-,15+. The van der Waals surface area contributed by atoms with E-state index in [9.17, 15) is 13.6 Å². The van der Waals surface area contributed by atoms with Crippen LogP contribution in [0.2, 0.25) is 0 Å². The predicted molar refractivity (Wildman–Crippen MR) is 89.8 cm³/mol. The van der Waals surface area contributed by atoms with Crippen LogP contribution in [0, 0.1) is 5.92 Å². The number of ether oxygens (including phenoxy) is 2. The average molecular weight is 360 g/mol. The van der Waals surface area contributed by atoms with Gasteiger partial charge in [0.15, 0.2) is 0 Å². The van der Waals surface area contributed by atoms with Gasteiger partial charge in [0, 0.05) is 32.5 Å². The molecule has 2 atom stereocenters. The predicted octanol–water partition coefficient (Wildman–Crippen LogP) is 3.13. The second kappa shape index (κ2) is 6.99. The van der Waals surface area contributed by atoms with Crippen LogP contribution in [-0.2, 0) is 9.47 Å². The summed E-state index contributed by atoms with van der Waals surface area (Å²) in [5.74, 6) is -2.17. The summed E-state index contributed by atoms with van der Waals surface area (Å²) in [6, 6.07) is 0.255. The maximum atomic E-state index is 13.4. The molecule has 0 unspecified atom stereocenters. The molecular weight excluding hydrogens is 330 g/mol. The number of piperazine rings is 1. The normalized spacial score (nSPS) is 31.0. The van der Waals surface area contributed by atoms with Gasteiger partial charge < -0.3 is 14.4 Å². The van der Waals surface area contributed by atoms with Crippen molar-refractivity contribution >= 4 is 6.09 Å². The van der Waals surface area contributed by atoms with Crippen LogP contribution >= 0.6 is 0 Å². The van der Waals surface area contributed by atoms with Gasteiger partial charge in [-0.15, -0.1) is 0 Å². The first-order chi connectivity index (χ1) is 11.6. The highest BCUT2D eigenvalue weighted by Gasteiger charge is 2.43. The second-order valence-corrected chi connectivity index (χ2v) is 8.73. The van der Waals surface area contributed by atoms with Gasteiger partial charge in [0.1, 0.15) is 5.60 Å². The Bertz CT molecular complexity index is 471. The molecule has 2 aliphatic heterocycles. The second-order valence-electron chi connectivity index (χ2n) is 8.73. The highest BCUT2D eigenvalue weighted by molar-refractivity contribution is 5.68. The summed E-state index contributed by atoms with van der Waals surface area (Å²) in [5, 5.41) is 0. The number of carbonyl (C=O) groups excluding carboxylic acids is 1. The Balaban J connectivity index is 1.58. The van der Waals surface area contributed by atoms with Crippen LogP contribution < -0.4 is 0 Å². The van der Waals surface area contributed by atoms with E-state index in [-0.39, 0.29) is 31.0 Å². The van der Waals surface area contributed by atoms with Crippen LogP contribution in [0.4, 0.5) is 13.6 Å². The number of morpholine rings is 1. The molecule has 0 radical (unpaired) electrons. The first-order valence-corrected chi connectivity index (χ1v) is 9.32. The fourth-order valence-electron chi connectivity index (χ4n) is 4.08. The lowest BCUT2D eigenvalue weighted by molar-refractivity contribution is -0.109. The minimum atomic E-state index is -2.48. The van der Waals surface area contributed by atoms with Gasteiger partial charge in [-0.2, -0.15) is 0 Å². The molecule has 2 saturated heterocycles. The summed E-state index contributed by atoms with van der Waals surface area (Å²) in [5.41, 5.74) is -0.507. The van der Waals surface area contributed by atoms with E-state index in [1.807, 2.05) is 20.8 Å². The van der Waals surface area contributed by atoms with Crippen LogP contribution in [0.5, 0.6) is 0 Å². The van der Waals surface area contributed by atoms with Crippen molar-refractivity contribution in [1.82, 2.24) is 9.80 Å². The first-order valence-electron chi connectivity index (χ1n) is 9.32. The number of hydrogen-bond donors (Lipinski definition) is 0. The quantitative estimate of drug-likeness (QED) is 0.759. The lowest BCUT2D eigenvalue weighted by Crippen LogP contribution is -2.66. The minimum absolute atomic E-state index is 0.00136. The van der Waals surface area contributed by atoms with Gasteiger partial charge in [0.05, 0.1) is 25.3 Å². The Morgan fingerprint density at radius 1 is 1.16 bits per heavy atom. The van der Waals surface area contributed by atoms with Gasteiger partial charge in [-0.25, -0.2) is 13.6 Å². The van der Waals surface area contributed by atoms with Gasteiger partial charge in [0.25, 0.3) is 0 Å². The van der Waals surface area contributed by atoms with Crippen LogP contribution in [-0.4, -0.2) is 72.3 Å². The van der Waals surface area contributed by atoms with Crippen LogP contribution in [0.1, 0.15) is 46.5 Å². The molecule has 7 heteroatoms. The van der Waals surface area contributed by atoms with E-state index in [1.54, 1.807) is 4.90 Å². The van der Waals surface area contributed by atoms with Crippen LogP contribution in [0.25, 0.3) is 0 Å². The minimum Gasteiger partial charge on any atom is -0.444 e. The number of alkyl halides is 2. The van der Waals surface area contributed by atoms with Gasteiger partial charge in [-0.05, 0) is 39.5 Å². The van der Waals surface area contributed by atoms with Crippen molar-refractivity contribution < 1.29 is 23.0 Å². The van der Waals surface area contributed by atoms with Gasteiger partial charge in [-0.1, -0.05) is 0 Å². The average Bonchev–Trinajstić information content (AvgIpc) is 2.47. The van der Waals surface area contributed by atoms with Gasteiger partial charge >= 0.3 is 6.09 Å². The summed E-state index contributed by atoms with van der Waals surface area (Å²) < 4.78 is 37.9. The third-order valence-corrected chi connectivity index (χ3v) is 5.38. The van der Waals surface area contributed by atoms with Crippen molar-refractivity contribution in [2.75, 3.05) is 32.8 Å².